The topological polar surface area (TPSA) is 105 Å². The summed E-state index contributed by atoms with van der Waals surface area (Å²) in [5.74, 6) is -1.52. The summed E-state index contributed by atoms with van der Waals surface area (Å²) in [7, 11) is 0. The molecule has 0 fully saturated rings. The first-order valence-corrected chi connectivity index (χ1v) is 10.5. The van der Waals surface area contributed by atoms with E-state index in [1.54, 1.807) is 13.8 Å². The second kappa shape index (κ2) is 10.1. The van der Waals surface area contributed by atoms with E-state index in [0.29, 0.717) is 6.42 Å². The number of aliphatic carboxylic acids is 1. The Morgan fingerprint density at radius 2 is 1.61 bits per heavy atom. The molecule has 1 unspecified atom stereocenters. The molecule has 31 heavy (non-hydrogen) atoms. The van der Waals surface area contributed by atoms with Crippen LogP contribution in [0.5, 0.6) is 0 Å². The smallest absolute Gasteiger partial charge is 0.407 e. The van der Waals surface area contributed by atoms with E-state index in [4.69, 9.17) is 9.84 Å². The number of hydrogen-bond acceptors (Lipinski definition) is 4. The van der Waals surface area contributed by atoms with Gasteiger partial charge in [0.25, 0.3) is 0 Å². The van der Waals surface area contributed by atoms with E-state index in [1.165, 1.54) is 0 Å². The number of carbonyl (C=O) groups excluding carboxylic acids is 2. The van der Waals surface area contributed by atoms with Gasteiger partial charge in [0.15, 0.2) is 0 Å². The summed E-state index contributed by atoms with van der Waals surface area (Å²) in [5, 5.41) is 14.1. The number of ether oxygens (including phenoxy) is 1. The quantitative estimate of drug-likeness (QED) is 0.571. The van der Waals surface area contributed by atoms with Crippen molar-refractivity contribution in [3.8, 4) is 11.1 Å². The second-order valence-electron chi connectivity index (χ2n) is 7.88. The molecule has 0 bridgehead atoms. The van der Waals surface area contributed by atoms with Crippen molar-refractivity contribution < 1.29 is 24.2 Å². The number of rotatable bonds is 9. The molecule has 3 rings (SSSR count). The third kappa shape index (κ3) is 5.42. The molecule has 1 aliphatic rings. The van der Waals surface area contributed by atoms with E-state index in [1.807, 2.05) is 36.4 Å². The Balaban J connectivity index is 1.56. The zero-order valence-electron chi connectivity index (χ0n) is 17.8. The van der Waals surface area contributed by atoms with Gasteiger partial charge in [-0.15, -0.1) is 0 Å². The summed E-state index contributed by atoms with van der Waals surface area (Å²) in [6.45, 7) is 3.94. The molecule has 0 saturated heterocycles. The molecule has 164 valence electrons. The summed E-state index contributed by atoms with van der Waals surface area (Å²) in [4.78, 5) is 35.5. The van der Waals surface area contributed by atoms with Crippen LogP contribution in [0, 0.1) is 5.92 Å². The van der Waals surface area contributed by atoms with Crippen molar-refractivity contribution in [3.63, 3.8) is 0 Å². The molecule has 2 atom stereocenters. The molecule has 2 amide bonds. The second-order valence-corrected chi connectivity index (χ2v) is 7.88. The molecule has 7 nitrogen and oxygen atoms in total. The van der Waals surface area contributed by atoms with E-state index < -0.39 is 18.1 Å². The van der Waals surface area contributed by atoms with Gasteiger partial charge in [-0.05, 0) is 34.6 Å². The van der Waals surface area contributed by atoms with E-state index in [2.05, 4.69) is 22.8 Å². The van der Waals surface area contributed by atoms with Crippen LogP contribution < -0.4 is 10.6 Å². The molecular formula is C24H28N2O5. The van der Waals surface area contributed by atoms with Gasteiger partial charge in [-0.3, -0.25) is 9.59 Å². The van der Waals surface area contributed by atoms with Gasteiger partial charge in [0.2, 0.25) is 5.91 Å². The fourth-order valence-electron chi connectivity index (χ4n) is 3.90. The SMILES string of the molecule is CC[C@H](NC(=O)OCC1c2ccccc2-c2ccccc21)C(=O)NCC(C)CC(=O)O. The largest absolute Gasteiger partial charge is 0.481 e. The fourth-order valence-corrected chi connectivity index (χ4v) is 3.90. The first-order chi connectivity index (χ1) is 14.9. The lowest BCUT2D eigenvalue weighted by Crippen LogP contribution is -2.47. The fraction of sp³-hybridized carbons (Fsp3) is 0.375. The van der Waals surface area contributed by atoms with E-state index in [0.717, 1.165) is 22.3 Å². The lowest BCUT2D eigenvalue weighted by molar-refractivity contribution is -0.138. The number of carbonyl (C=O) groups is 3. The average molecular weight is 424 g/mol. The number of hydrogen-bond donors (Lipinski definition) is 3. The van der Waals surface area contributed by atoms with Gasteiger partial charge in [0, 0.05) is 18.9 Å². The molecule has 2 aromatic rings. The minimum Gasteiger partial charge on any atom is -0.481 e. The maximum atomic E-state index is 12.4. The summed E-state index contributed by atoms with van der Waals surface area (Å²) in [6, 6.07) is 15.4. The first-order valence-electron chi connectivity index (χ1n) is 10.5. The number of carboxylic acids is 1. The minimum atomic E-state index is -0.912. The highest BCUT2D eigenvalue weighted by Gasteiger charge is 2.29. The number of carboxylic acid groups (broad SMARTS) is 1. The van der Waals surface area contributed by atoms with Crippen LogP contribution in [-0.2, 0) is 14.3 Å². The zero-order chi connectivity index (χ0) is 22.4. The summed E-state index contributed by atoms with van der Waals surface area (Å²) in [5.41, 5.74) is 4.53. The van der Waals surface area contributed by atoms with E-state index in [9.17, 15) is 14.4 Å². The number of nitrogens with one attached hydrogen (secondary N) is 2. The molecule has 0 spiro atoms. The van der Waals surface area contributed by atoms with Crippen LogP contribution in [0.3, 0.4) is 0 Å². The molecule has 0 aliphatic heterocycles. The lowest BCUT2D eigenvalue weighted by atomic mass is 9.98. The molecule has 0 radical (unpaired) electrons. The molecule has 0 heterocycles. The molecular weight excluding hydrogens is 396 g/mol. The van der Waals surface area contributed by atoms with Crippen molar-refractivity contribution in [2.75, 3.05) is 13.2 Å². The van der Waals surface area contributed by atoms with Crippen molar-refractivity contribution in [1.82, 2.24) is 10.6 Å². The van der Waals surface area contributed by atoms with Crippen molar-refractivity contribution in [3.05, 3.63) is 59.7 Å². The van der Waals surface area contributed by atoms with Crippen LogP contribution in [0.2, 0.25) is 0 Å². The number of fused-ring (bicyclic) bond motifs is 3. The predicted molar refractivity (Wildman–Crippen MR) is 117 cm³/mol. The average Bonchev–Trinajstić information content (AvgIpc) is 3.07. The van der Waals surface area contributed by atoms with E-state index >= 15 is 0 Å². The van der Waals surface area contributed by atoms with Gasteiger partial charge in [0.1, 0.15) is 12.6 Å². The molecule has 7 heteroatoms. The van der Waals surface area contributed by atoms with Gasteiger partial charge >= 0.3 is 12.1 Å². The lowest BCUT2D eigenvalue weighted by Gasteiger charge is -2.19. The maximum Gasteiger partial charge on any atom is 0.407 e. The van der Waals surface area contributed by atoms with Crippen LogP contribution in [0.4, 0.5) is 4.79 Å². The highest BCUT2D eigenvalue weighted by molar-refractivity contribution is 5.85. The van der Waals surface area contributed by atoms with Crippen molar-refractivity contribution in [1.29, 1.82) is 0 Å². The number of amides is 2. The summed E-state index contributed by atoms with van der Waals surface area (Å²) >= 11 is 0. The van der Waals surface area contributed by atoms with Crippen LogP contribution in [0.1, 0.15) is 43.7 Å². The molecule has 0 aromatic heterocycles. The zero-order valence-corrected chi connectivity index (χ0v) is 17.8. The Morgan fingerprint density at radius 3 is 2.16 bits per heavy atom. The molecule has 0 saturated carbocycles. The Morgan fingerprint density at radius 1 is 1.03 bits per heavy atom. The standard InChI is InChI=1S/C24H28N2O5/c1-3-21(23(29)25-13-15(2)12-22(27)28)26-24(30)31-14-20-18-10-6-4-8-16(18)17-9-5-7-11-19(17)20/h4-11,15,20-21H,3,12-14H2,1-2H3,(H,25,29)(H,26,30)(H,27,28)/t15?,21-/m0/s1. The van der Waals surface area contributed by atoms with Gasteiger partial charge < -0.3 is 20.5 Å². The Bertz CT molecular complexity index is 913. The monoisotopic (exact) mass is 424 g/mol. The number of benzene rings is 2. The summed E-state index contributed by atoms with van der Waals surface area (Å²) in [6.07, 6.45) is -0.289. The van der Waals surface area contributed by atoms with Crippen molar-refractivity contribution in [2.45, 2.75) is 38.6 Å². The van der Waals surface area contributed by atoms with Gasteiger partial charge in [0.05, 0.1) is 0 Å². The third-order valence-corrected chi connectivity index (χ3v) is 5.51. The maximum absolute atomic E-state index is 12.4. The Hall–Kier alpha value is -3.35. The first kappa shape index (κ1) is 22.3. The Kier molecular flexibility index (Phi) is 7.28. The minimum absolute atomic E-state index is 0.0309. The van der Waals surface area contributed by atoms with Crippen LogP contribution in [-0.4, -0.2) is 42.3 Å². The predicted octanol–water partition coefficient (Wildman–Crippen LogP) is 3.53. The molecule has 3 N–H and O–H groups in total. The third-order valence-electron chi connectivity index (χ3n) is 5.51. The van der Waals surface area contributed by atoms with Crippen molar-refractivity contribution in [2.24, 2.45) is 5.92 Å². The van der Waals surface area contributed by atoms with Crippen LogP contribution in [0.15, 0.2) is 48.5 Å². The number of alkyl carbamates (subject to hydrolysis) is 1. The van der Waals surface area contributed by atoms with Gasteiger partial charge in [-0.25, -0.2) is 4.79 Å². The summed E-state index contributed by atoms with van der Waals surface area (Å²) < 4.78 is 5.49. The van der Waals surface area contributed by atoms with Crippen LogP contribution >= 0.6 is 0 Å². The van der Waals surface area contributed by atoms with Crippen LogP contribution in [0.25, 0.3) is 11.1 Å². The highest BCUT2D eigenvalue weighted by atomic mass is 16.5. The normalized spacial score (nSPS) is 14.1. The van der Waals surface area contributed by atoms with Crippen molar-refractivity contribution >= 4 is 18.0 Å². The Labute approximate surface area is 181 Å². The molecule has 1 aliphatic carbocycles. The van der Waals surface area contributed by atoms with Gasteiger partial charge in [-0.1, -0.05) is 62.4 Å². The molecule has 2 aromatic carbocycles. The highest BCUT2D eigenvalue weighted by Crippen LogP contribution is 2.44. The van der Waals surface area contributed by atoms with E-state index in [-0.39, 0.29) is 37.3 Å². The van der Waals surface area contributed by atoms with Gasteiger partial charge in [-0.2, -0.15) is 0 Å².